The lowest BCUT2D eigenvalue weighted by Gasteiger charge is -2.32. The average molecular weight is 360 g/mol. The second kappa shape index (κ2) is 7.34. The van der Waals surface area contributed by atoms with E-state index in [0.29, 0.717) is 18.8 Å². The van der Waals surface area contributed by atoms with Crippen LogP contribution in [0.1, 0.15) is 23.1 Å². The van der Waals surface area contributed by atoms with Crippen molar-refractivity contribution in [1.82, 2.24) is 20.2 Å². The maximum absolute atomic E-state index is 12.9. The maximum Gasteiger partial charge on any atom is 0.263 e. The highest BCUT2D eigenvalue weighted by molar-refractivity contribution is 5.97. The molecule has 1 aliphatic rings. The van der Waals surface area contributed by atoms with Gasteiger partial charge in [-0.05, 0) is 31.2 Å². The highest BCUT2D eigenvalue weighted by Gasteiger charge is 2.31. The maximum atomic E-state index is 12.9. The molecule has 1 aromatic heterocycles. The number of amides is 2. The lowest BCUT2D eigenvalue weighted by Crippen LogP contribution is -2.56. The molecule has 1 atom stereocenters. The second-order valence-corrected chi connectivity index (χ2v) is 5.78. The Morgan fingerprint density at radius 2 is 2.08 bits per heavy atom. The number of halogens is 1. The van der Waals surface area contributed by atoms with Crippen molar-refractivity contribution in [3.63, 3.8) is 0 Å². The van der Waals surface area contributed by atoms with Crippen LogP contribution in [-0.4, -0.2) is 45.8 Å². The first kappa shape index (κ1) is 17.6. The number of piperazine rings is 1. The van der Waals surface area contributed by atoms with Gasteiger partial charge >= 0.3 is 0 Å². The van der Waals surface area contributed by atoms with E-state index in [9.17, 15) is 18.8 Å². The summed E-state index contributed by atoms with van der Waals surface area (Å²) >= 11 is 0. The average Bonchev–Trinajstić information content (AvgIpc) is 2.63. The third-order valence-corrected chi connectivity index (χ3v) is 4.03. The summed E-state index contributed by atoms with van der Waals surface area (Å²) in [6.45, 7) is 2.21. The molecular formula is C17H17FN4O4. The van der Waals surface area contributed by atoms with E-state index in [4.69, 9.17) is 4.74 Å². The number of benzene rings is 1. The topological polar surface area (TPSA) is 104 Å². The molecule has 0 spiro atoms. The molecule has 0 bridgehead atoms. The summed E-state index contributed by atoms with van der Waals surface area (Å²) in [7, 11) is 0. The van der Waals surface area contributed by atoms with Gasteiger partial charge in [0.25, 0.3) is 11.5 Å². The van der Waals surface area contributed by atoms with Crippen LogP contribution in [0.2, 0.25) is 0 Å². The van der Waals surface area contributed by atoms with E-state index in [1.54, 1.807) is 6.92 Å². The fourth-order valence-corrected chi connectivity index (χ4v) is 2.55. The number of nitrogens with zero attached hydrogens (tertiary/aromatic N) is 2. The summed E-state index contributed by atoms with van der Waals surface area (Å²) in [4.78, 5) is 44.3. The number of hydrogen-bond donors (Lipinski definition) is 2. The summed E-state index contributed by atoms with van der Waals surface area (Å²) in [5.41, 5.74) is -0.752. The third kappa shape index (κ3) is 3.71. The van der Waals surface area contributed by atoms with Crippen LogP contribution < -0.4 is 15.6 Å². The number of rotatable bonds is 4. The van der Waals surface area contributed by atoms with Crippen LogP contribution in [0.4, 0.5) is 4.39 Å². The SMILES string of the molecule is CC1C(=O)NCCN1C(=O)c1cnc(COc2ccc(F)cc2)[nH]c1=O. The van der Waals surface area contributed by atoms with Gasteiger partial charge in [0.2, 0.25) is 5.91 Å². The zero-order chi connectivity index (χ0) is 18.7. The number of nitrogens with one attached hydrogen (secondary N) is 2. The normalized spacial score (nSPS) is 16.9. The van der Waals surface area contributed by atoms with Gasteiger partial charge in [-0.3, -0.25) is 14.4 Å². The van der Waals surface area contributed by atoms with E-state index in [2.05, 4.69) is 15.3 Å². The van der Waals surface area contributed by atoms with Crippen molar-refractivity contribution in [3.8, 4) is 5.75 Å². The van der Waals surface area contributed by atoms with Crippen molar-refractivity contribution in [2.24, 2.45) is 0 Å². The number of carbonyl (C=O) groups is 2. The minimum Gasteiger partial charge on any atom is -0.486 e. The zero-order valence-electron chi connectivity index (χ0n) is 14.0. The van der Waals surface area contributed by atoms with Crippen molar-refractivity contribution in [3.05, 3.63) is 58.0 Å². The molecule has 8 nitrogen and oxygen atoms in total. The first-order valence-corrected chi connectivity index (χ1v) is 8.01. The summed E-state index contributed by atoms with van der Waals surface area (Å²) in [5, 5.41) is 2.65. The first-order chi connectivity index (χ1) is 12.5. The molecule has 0 aliphatic carbocycles. The molecule has 9 heteroatoms. The highest BCUT2D eigenvalue weighted by atomic mass is 19.1. The van der Waals surface area contributed by atoms with Crippen LogP contribution in [0.25, 0.3) is 0 Å². The predicted molar refractivity (Wildman–Crippen MR) is 89.1 cm³/mol. The lowest BCUT2D eigenvalue weighted by molar-refractivity contribution is -0.127. The molecule has 26 heavy (non-hydrogen) atoms. The Balaban J connectivity index is 1.71. The van der Waals surface area contributed by atoms with E-state index < -0.39 is 17.5 Å². The third-order valence-electron chi connectivity index (χ3n) is 4.03. The molecule has 2 N–H and O–H groups in total. The minimum absolute atomic E-state index is 0.0438. The summed E-state index contributed by atoms with van der Waals surface area (Å²) < 4.78 is 18.3. The van der Waals surface area contributed by atoms with Crippen LogP contribution >= 0.6 is 0 Å². The van der Waals surface area contributed by atoms with E-state index in [1.807, 2.05) is 0 Å². The van der Waals surface area contributed by atoms with Crippen LogP contribution in [-0.2, 0) is 11.4 Å². The fraction of sp³-hybridized carbons (Fsp3) is 0.294. The van der Waals surface area contributed by atoms with Gasteiger partial charge in [-0.2, -0.15) is 0 Å². The number of carbonyl (C=O) groups excluding carboxylic acids is 2. The molecule has 1 unspecified atom stereocenters. The van der Waals surface area contributed by atoms with Crippen LogP contribution in [0.3, 0.4) is 0 Å². The molecule has 0 saturated carbocycles. The van der Waals surface area contributed by atoms with Gasteiger partial charge in [-0.1, -0.05) is 0 Å². The van der Waals surface area contributed by atoms with Gasteiger partial charge in [0.1, 0.15) is 35.6 Å². The standard InChI is InChI=1S/C17H17FN4O4/c1-10-15(23)19-6-7-22(10)17(25)13-8-20-14(21-16(13)24)9-26-12-4-2-11(18)3-5-12/h2-5,8,10H,6-7,9H2,1H3,(H,19,23)(H,20,21,24). The number of aromatic amines is 1. The molecule has 1 fully saturated rings. The molecule has 1 saturated heterocycles. The van der Waals surface area contributed by atoms with E-state index in [-0.39, 0.29) is 29.7 Å². The first-order valence-electron chi connectivity index (χ1n) is 8.01. The minimum atomic E-state index is -0.655. The van der Waals surface area contributed by atoms with Gasteiger partial charge in [-0.25, -0.2) is 9.37 Å². The number of aromatic nitrogens is 2. The molecule has 1 aromatic carbocycles. The predicted octanol–water partition coefficient (Wildman–Crippen LogP) is 0.448. The number of hydrogen-bond acceptors (Lipinski definition) is 5. The largest absolute Gasteiger partial charge is 0.486 e. The summed E-state index contributed by atoms with van der Waals surface area (Å²) in [6.07, 6.45) is 1.17. The Hall–Kier alpha value is -3.23. The Bertz CT molecular complexity index is 881. The van der Waals surface area contributed by atoms with Crippen LogP contribution in [0.15, 0.2) is 35.3 Å². The number of ether oxygens (including phenoxy) is 1. The number of H-pyrrole nitrogens is 1. The second-order valence-electron chi connectivity index (χ2n) is 5.78. The molecule has 2 amide bonds. The van der Waals surface area contributed by atoms with E-state index >= 15 is 0 Å². The monoisotopic (exact) mass is 360 g/mol. The van der Waals surface area contributed by atoms with Gasteiger partial charge in [-0.15, -0.1) is 0 Å². The smallest absolute Gasteiger partial charge is 0.263 e. The van der Waals surface area contributed by atoms with Crippen molar-refractivity contribution >= 4 is 11.8 Å². The Kier molecular flexibility index (Phi) is 4.97. The fourth-order valence-electron chi connectivity index (χ4n) is 2.55. The molecule has 1 aliphatic heterocycles. The van der Waals surface area contributed by atoms with E-state index in [1.165, 1.54) is 35.4 Å². The Labute approximate surface area is 148 Å². The Morgan fingerprint density at radius 1 is 1.35 bits per heavy atom. The molecule has 0 radical (unpaired) electrons. The van der Waals surface area contributed by atoms with Gasteiger partial charge in [0, 0.05) is 19.3 Å². The van der Waals surface area contributed by atoms with E-state index in [0.717, 1.165) is 0 Å². The Morgan fingerprint density at radius 3 is 2.77 bits per heavy atom. The van der Waals surface area contributed by atoms with Crippen molar-refractivity contribution in [2.45, 2.75) is 19.6 Å². The molecular weight excluding hydrogens is 343 g/mol. The molecule has 2 heterocycles. The van der Waals surface area contributed by atoms with Crippen molar-refractivity contribution in [1.29, 1.82) is 0 Å². The zero-order valence-corrected chi connectivity index (χ0v) is 14.0. The van der Waals surface area contributed by atoms with Crippen molar-refractivity contribution in [2.75, 3.05) is 13.1 Å². The molecule has 3 rings (SSSR count). The molecule has 2 aromatic rings. The van der Waals surface area contributed by atoms with Gasteiger partial charge in [0.15, 0.2) is 0 Å². The molecule has 136 valence electrons. The van der Waals surface area contributed by atoms with Crippen LogP contribution in [0, 0.1) is 5.82 Å². The quantitative estimate of drug-likeness (QED) is 0.824. The summed E-state index contributed by atoms with van der Waals surface area (Å²) in [5.74, 6) is -0.555. The highest BCUT2D eigenvalue weighted by Crippen LogP contribution is 2.12. The lowest BCUT2D eigenvalue weighted by atomic mass is 10.1. The van der Waals surface area contributed by atoms with Crippen LogP contribution in [0.5, 0.6) is 5.75 Å². The van der Waals surface area contributed by atoms with Gasteiger partial charge < -0.3 is 19.9 Å². The summed E-state index contributed by atoms with van der Waals surface area (Å²) in [6, 6.07) is 4.76. The van der Waals surface area contributed by atoms with Gasteiger partial charge in [0.05, 0.1) is 0 Å². The van der Waals surface area contributed by atoms with Crippen molar-refractivity contribution < 1.29 is 18.7 Å².